The Kier molecular flexibility index (Phi) is 7.82. The highest BCUT2D eigenvalue weighted by Crippen LogP contribution is 2.30. The van der Waals surface area contributed by atoms with Gasteiger partial charge >= 0.3 is 0 Å². The zero-order valence-corrected chi connectivity index (χ0v) is 11.4. The lowest BCUT2D eigenvalue weighted by molar-refractivity contribution is 0.316. The Hall–Kier alpha value is -0.260. The number of rotatable bonds is 9. The molecule has 0 aliphatic rings. The monoisotopic (exact) mass is 210 g/mol. The molecule has 0 aliphatic carbocycles. The van der Waals surface area contributed by atoms with Gasteiger partial charge in [-0.05, 0) is 25.2 Å². The summed E-state index contributed by atoms with van der Waals surface area (Å²) >= 11 is 0. The van der Waals surface area contributed by atoms with Crippen LogP contribution in [0.25, 0.3) is 0 Å². The van der Waals surface area contributed by atoms with E-state index in [4.69, 9.17) is 0 Å². The highest BCUT2D eigenvalue weighted by atomic mass is 14.2. The van der Waals surface area contributed by atoms with Crippen molar-refractivity contribution in [3.63, 3.8) is 0 Å². The summed E-state index contributed by atoms with van der Waals surface area (Å²) in [5.74, 6) is 0. The molecule has 0 amide bonds. The van der Waals surface area contributed by atoms with Crippen LogP contribution in [0.15, 0.2) is 12.2 Å². The van der Waals surface area contributed by atoms with Crippen LogP contribution in [0.2, 0.25) is 0 Å². The largest absolute Gasteiger partial charge is 0.100 e. The Bertz CT molecular complexity index is 165. The molecule has 0 aromatic carbocycles. The quantitative estimate of drug-likeness (QED) is 0.337. The van der Waals surface area contributed by atoms with Crippen molar-refractivity contribution in [3.8, 4) is 0 Å². The third-order valence-corrected chi connectivity index (χ3v) is 2.99. The summed E-state index contributed by atoms with van der Waals surface area (Å²) in [5, 5.41) is 0. The highest BCUT2D eigenvalue weighted by molar-refractivity contribution is 4.93. The Balaban J connectivity index is 3.44. The number of allylic oxidation sites excluding steroid dienone is 1. The van der Waals surface area contributed by atoms with Crippen LogP contribution in [0.1, 0.15) is 79.1 Å². The van der Waals surface area contributed by atoms with Gasteiger partial charge in [0.25, 0.3) is 0 Å². The third-order valence-electron chi connectivity index (χ3n) is 2.99. The Morgan fingerprint density at radius 2 is 1.53 bits per heavy atom. The molecule has 0 aliphatic heterocycles. The maximum Gasteiger partial charge on any atom is -0.0274 e. The molecule has 0 heteroatoms. The van der Waals surface area contributed by atoms with E-state index < -0.39 is 0 Å². The van der Waals surface area contributed by atoms with Crippen molar-refractivity contribution in [2.45, 2.75) is 79.1 Å². The van der Waals surface area contributed by atoms with Crippen LogP contribution in [-0.2, 0) is 0 Å². The zero-order chi connectivity index (χ0) is 11.7. The average molecular weight is 210 g/mol. The average Bonchev–Trinajstić information content (AvgIpc) is 2.08. The minimum Gasteiger partial charge on any atom is -0.100 e. The summed E-state index contributed by atoms with van der Waals surface area (Å²) in [7, 11) is 0. The van der Waals surface area contributed by atoms with E-state index in [1.165, 1.54) is 56.9 Å². The van der Waals surface area contributed by atoms with Crippen LogP contribution in [0.5, 0.6) is 0 Å². The first-order chi connectivity index (χ1) is 6.98. The van der Waals surface area contributed by atoms with Gasteiger partial charge in [-0.2, -0.15) is 0 Å². The maximum atomic E-state index is 4.01. The molecule has 0 heterocycles. The van der Waals surface area contributed by atoms with E-state index in [-0.39, 0.29) is 0 Å². The molecule has 0 saturated carbocycles. The predicted molar refractivity (Wildman–Crippen MR) is 71.2 cm³/mol. The van der Waals surface area contributed by atoms with Crippen molar-refractivity contribution < 1.29 is 0 Å². The van der Waals surface area contributed by atoms with Gasteiger partial charge in [0.1, 0.15) is 0 Å². The number of unbranched alkanes of at least 4 members (excludes halogenated alkanes) is 5. The highest BCUT2D eigenvalue weighted by Gasteiger charge is 2.16. The fourth-order valence-corrected chi connectivity index (χ4v) is 2.29. The summed E-state index contributed by atoms with van der Waals surface area (Å²) in [4.78, 5) is 0. The topological polar surface area (TPSA) is 0 Å². The second-order valence-electron chi connectivity index (χ2n) is 5.82. The van der Waals surface area contributed by atoms with E-state index in [0.717, 1.165) is 0 Å². The van der Waals surface area contributed by atoms with Gasteiger partial charge in [0.15, 0.2) is 0 Å². The Morgan fingerprint density at radius 1 is 1.00 bits per heavy atom. The fraction of sp³-hybridized carbons (Fsp3) is 0.867. The van der Waals surface area contributed by atoms with E-state index in [1.807, 2.05) is 0 Å². The van der Waals surface area contributed by atoms with Crippen molar-refractivity contribution in [2.75, 3.05) is 0 Å². The summed E-state index contributed by atoms with van der Waals surface area (Å²) in [6.07, 6.45) is 11.0. The smallest absolute Gasteiger partial charge is 0.0274 e. The second kappa shape index (κ2) is 7.96. The minimum atomic E-state index is 0.469. The van der Waals surface area contributed by atoms with Crippen molar-refractivity contribution in [1.82, 2.24) is 0 Å². The van der Waals surface area contributed by atoms with Gasteiger partial charge in [-0.1, -0.05) is 64.9 Å². The van der Waals surface area contributed by atoms with E-state index >= 15 is 0 Å². The van der Waals surface area contributed by atoms with Gasteiger partial charge in [0.05, 0.1) is 0 Å². The van der Waals surface area contributed by atoms with E-state index in [1.54, 1.807) is 0 Å². The molecule has 90 valence electrons. The molecule has 0 rings (SSSR count). The van der Waals surface area contributed by atoms with E-state index in [9.17, 15) is 0 Å². The standard InChI is InChI=1S/C15H30/c1-6-7-8-9-10-11-12-15(4,5)13-14(2)3/h2,6-13H2,1,3-5H3. The fourth-order valence-electron chi connectivity index (χ4n) is 2.29. The van der Waals surface area contributed by atoms with Gasteiger partial charge in [0.2, 0.25) is 0 Å². The molecule has 0 fully saturated rings. The molecule has 15 heavy (non-hydrogen) atoms. The zero-order valence-electron chi connectivity index (χ0n) is 11.4. The van der Waals surface area contributed by atoms with Crippen LogP contribution in [0.3, 0.4) is 0 Å². The van der Waals surface area contributed by atoms with Crippen LogP contribution in [-0.4, -0.2) is 0 Å². The molecule has 0 aromatic heterocycles. The molecule has 0 radical (unpaired) electrons. The van der Waals surface area contributed by atoms with Gasteiger partial charge < -0.3 is 0 Å². The SMILES string of the molecule is C=C(C)CC(C)(C)CCCCCCCC. The molecular formula is C15H30. The normalized spacial score (nSPS) is 11.7. The van der Waals surface area contributed by atoms with E-state index in [2.05, 4.69) is 34.3 Å². The molecule has 0 atom stereocenters. The number of hydrogen-bond donors (Lipinski definition) is 0. The maximum absolute atomic E-state index is 4.01. The predicted octanol–water partition coefficient (Wildman–Crippen LogP) is 5.73. The van der Waals surface area contributed by atoms with Gasteiger partial charge in [-0.25, -0.2) is 0 Å². The molecule has 0 unspecified atom stereocenters. The summed E-state index contributed by atoms with van der Waals surface area (Å²) in [6.45, 7) is 13.2. The minimum absolute atomic E-state index is 0.469. The Labute approximate surface area is 97.2 Å². The van der Waals surface area contributed by atoms with Gasteiger partial charge in [0, 0.05) is 0 Å². The Morgan fingerprint density at radius 3 is 2.07 bits per heavy atom. The number of hydrogen-bond acceptors (Lipinski definition) is 0. The molecule has 0 spiro atoms. The van der Waals surface area contributed by atoms with Gasteiger partial charge in [-0.3, -0.25) is 0 Å². The first-order valence-electron chi connectivity index (χ1n) is 6.62. The third kappa shape index (κ3) is 10.0. The van der Waals surface area contributed by atoms with Gasteiger partial charge in [-0.15, -0.1) is 6.58 Å². The van der Waals surface area contributed by atoms with E-state index in [0.29, 0.717) is 5.41 Å². The van der Waals surface area contributed by atoms with Crippen LogP contribution < -0.4 is 0 Å². The van der Waals surface area contributed by atoms with Crippen LogP contribution in [0, 0.1) is 5.41 Å². The molecule has 0 N–H and O–H groups in total. The lowest BCUT2D eigenvalue weighted by Crippen LogP contribution is -2.11. The van der Waals surface area contributed by atoms with Crippen molar-refractivity contribution >= 4 is 0 Å². The lowest BCUT2D eigenvalue weighted by Gasteiger charge is -2.24. The second-order valence-corrected chi connectivity index (χ2v) is 5.82. The summed E-state index contributed by atoms with van der Waals surface area (Å²) in [5.41, 5.74) is 1.79. The molecule has 0 aromatic rings. The molecular weight excluding hydrogens is 180 g/mol. The van der Waals surface area contributed by atoms with Crippen LogP contribution in [0.4, 0.5) is 0 Å². The molecule has 0 saturated heterocycles. The molecule has 0 nitrogen and oxygen atoms in total. The summed E-state index contributed by atoms with van der Waals surface area (Å²) < 4.78 is 0. The lowest BCUT2D eigenvalue weighted by atomic mass is 9.81. The van der Waals surface area contributed by atoms with Crippen molar-refractivity contribution in [3.05, 3.63) is 12.2 Å². The van der Waals surface area contributed by atoms with Crippen molar-refractivity contribution in [1.29, 1.82) is 0 Å². The first-order valence-corrected chi connectivity index (χ1v) is 6.62. The van der Waals surface area contributed by atoms with Crippen molar-refractivity contribution in [2.24, 2.45) is 5.41 Å². The summed E-state index contributed by atoms with van der Waals surface area (Å²) in [6, 6.07) is 0. The van der Waals surface area contributed by atoms with Crippen LogP contribution >= 0.6 is 0 Å². The first kappa shape index (κ1) is 14.7. The molecule has 0 bridgehead atoms.